The maximum atomic E-state index is 11.2. The van der Waals surface area contributed by atoms with E-state index in [1.54, 1.807) is 18.2 Å². The highest BCUT2D eigenvalue weighted by molar-refractivity contribution is 6.02. The summed E-state index contributed by atoms with van der Waals surface area (Å²) in [6.45, 7) is 3.73. The second kappa shape index (κ2) is 4.56. The summed E-state index contributed by atoms with van der Waals surface area (Å²) in [5, 5.41) is 0. The van der Waals surface area contributed by atoms with Crippen molar-refractivity contribution >= 4 is 12.1 Å². The van der Waals surface area contributed by atoms with Crippen LogP contribution in [-0.4, -0.2) is 18.7 Å². The van der Waals surface area contributed by atoms with Crippen LogP contribution in [0, 0.1) is 0 Å². The first kappa shape index (κ1) is 10.4. The Morgan fingerprint density at radius 3 is 2.71 bits per heavy atom. The number of hydrogen-bond acceptors (Lipinski definition) is 3. The zero-order chi connectivity index (χ0) is 10.6. The minimum atomic E-state index is -0.131. The second-order valence-electron chi connectivity index (χ2n) is 2.82. The van der Waals surface area contributed by atoms with E-state index in [2.05, 4.69) is 0 Å². The molecule has 3 heteroatoms. The van der Waals surface area contributed by atoms with E-state index in [0.29, 0.717) is 29.8 Å². The minimum Gasteiger partial charge on any atom is -0.493 e. The van der Waals surface area contributed by atoms with Crippen molar-refractivity contribution < 1.29 is 14.3 Å². The van der Waals surface area contributed by atoms with Gasteiger partial charge in [0.15, 0.2) is 12.1 Å². The predicted molar refractivity (Wildman–Crippen MR) is 53.0 cm³/mol. The van der Waals surface area contributed by atoms with Crippen LogP contribution in [0.5, 0.6) is 5.75 Å². The molecule has 0 amide bonds. The van der Waals surface area contributed by atoms with Gasteiger partial charge in [-0.25, -0.2) is 0 Å². The van der Waals surface area contributed by atoms with Crippen molar-refractivity contribution in [3.05, 3.63) is 29.3 Å². The summed E-state index contributed by atoms with van der Waals surface area (Å²) in [6.07, 6.45) is 0.654. The first-order valence-corrected chi connectivity index (χ1v) is 4.42. The number of ether oxygens (including phenoxy) is 1. The van der Waals surface area contributed by atoms with Gasteiger partial charge < -0.3 is 4.74 Å². The first-order valence-electron chi connectivity index (χ1n) is 4.42. The van der Waals surface area contributed by atoms with Crippen LogP contribution < -0.4 is 4.74 Å². The number of rotatable bonds is 4. The Kier molecular flexibility index (Phi) is 3.40. The highest BCUT2D eigenvalue weighted by Crippen LogP contribution is 2.20. The lowest BCUT2D eigenvalue weighted by molar-refractivity contribution is 0.100. The summed E-state index contributed by atoms with van der Waals surface area (Å²) in [6, 6.07) is 5.00. The molecule has 74 valence electrons. The molecule has 0 unspecified atom stereocenters. The Morgan fingerprint density at radius 1 is 1.50 bits per heavy atom. The molecule has 0 radical (unpaired) electrons. The fraction of sp³-hybridized carbons (Fsp3) is 0.273. The summed E-state index contributed by atoms with van der Waals surface area (Å²) in [7, 11) is 0. The van der Waals surface area contributed by atoms with Crippen LogP contribution in [0.15, 0.2) is 18.2 Å². The van der Waals surface area contributed by atoms with Gasteiger partial charge in [0.1, 0.15) is 5.75 Å². The normalized spacial score (nSPS) is 9.57. The predicted octanol–water partition coefficient (Wildman–Crippen LogP) is 2.10. The van der Waals surface area contributed by atoms with E-state index in [9.17, 15) is 9.59 Å². The third kappa shape index (κ3) is 1.99. The van der Waals surface area contributed by atoms with Gasteiger partial charge in [0.05, 0.1) is 12.2 Å². The van der Waals surface area contributed by atoms with Gasteiger partial charge in [0.25, 0.3) is 0 Å². The molecule has 0 aromatic heterocycles. The molecule has 0 atom stereocenters. The number of ketones is 1. The number of benzene rings is 1. The lowest BCUT2D eigenvalue weighted by Crippen LogP contribution is -2.03. The molecule has 1 rings (SSSR count). The molecule has 0 aliphatic rings. The van der Waals surface area contributed by atoms with Crippen molar-refractivity contribution in [3.63, 3.8) is 0 Å². The third-order valence-electron chi connectivity index (χ3n) is 1.86. The van der Waals surface area contributed by atoms with Crippen LogP contribution in [-0.2, 0) is 0 Å². The van der Waals surface area contributed by atoms with Crippen LogP contribution in [0.25, 0.3) is 0 Å². The largest absolute Gasteiger partial charge is 0.493 e. The molecule has 0 spiro atoms. The molecular formula is C11H12O3. The maximum absolute atomic E-state index is 11.2. The number of carbonyl (C=O) groups is 2. The number of carbonyl (C=O) groups excluding carboxylic acids is 2. The molecule has 3 nitrogen and oxygen atoms in total. The smallest absolute Gasteiger partial charge is 0.160 e. The van der Waals surface area contributed by atoms with Gasteiger partial charge in [0, 0.05) is 5.56 Å². The van der Waals surface area contributed by atoms with Gasteiger partial charge in [-0.2, -0.15) is 0 Å². The monoisotopic (exact) mass is 192 g/mol. The van der Waals surface area contributed by atoms with Crippen molar-refractivity contribution in [1.29, 1.82) is 0 Å². The molecule has 0 fully saturated rings. The van der Waals surface area contributed by atoms with E-state index in [-0.39, 0.29) is 5.78 Å². The Balaban J connectivity index is 3.24. The number of hydrogen-bond donors (Lipinski definition) is 0. The van der Waals surface area contributed by atoms with Crippen LogP contribution in [0.2, 0.25) is 0 Å². The highest BCUT2D eigenvalue weighted by Gasteiger charge is 2.11. The Morgan fingerprint density at radius 2 is 2.21 bits per heavy atom. The zero-order valence-corrected chi connectivity index (χ0v) is 8.24. The molecular weight excluding hydrogens is 180 g/mol. The summed E-state index contributed by atoms with van der Waals surface area (Å²) in [4.78, 5) is 22.0. The lowest BCUT2D eigenvalue weighted by atomic mass is 10.0. The average Bonchev–Trinajstić information content (AvgIpc) is 2.18. The van der Waals surface area contributed by atoms with E-state index in [0.717, 1.165) is 0 Å². The topological polar surface area (TPSA) is 43.4 Å². The van der Waals surface area contributed by atoms with Gasteiger partial charge >= 0.3 is 0 Å². The van der Waals surface area contributed by atoms with Gasteiger partial charge in [-0.05, 0) is 19.9 Å². The fourth-order valence-electron chi connectivity index (χ4n) is 1.25. The van der Waals surface area contributed by atoms with E-state index >= 15 is 0 Å². The molecule has 14 heavy (non-hydrogen) atoms. The van der Waals surface area contributed by atoms with Crippen LogP contribution in [0.4, 0.5) is 0 Å². The molecule has 0 bridgehead atoms. The van der Waals surface area contributed by atoms with E-state index in [4.69, 9.17) is 4.74 Å². The Labute approximate surface area is 82.7 Å². The third-order valence-corrected chi connectivity index (χ3v) is 1.86. The lowest BCUT2D eigenvalue weighted by Gasteiger charge is -2.08. The van der Waals surface area contributed by atoms with Gasteiger partial charge in [-0.15, -0.1) is 0 Å². The van der Waals surface area contributed by atoms with Gasteiger partial charge in [-0.1, -0.05) is 12.1 Å². The van der Waals surface area contributed by atoms with E-state index in [1.165, 1.54) is 6.92 Å². The van der Waals surface area contributed by atoms with Crippen molar-refractivity contribution in [3.8, 4) is 5.75 Å². The number of aldehydes is 1. The quantitative estimate of drug-likeness (QED) is 0.542. The van der Waals surface area contributed by atoms with Crippen LogP contribution >= 0.6 is 0 Å². The van der Waals surface area contributed by atoms with E-state index < -0.39 is 0 Å². The Hall–Kier alpha value is -1.64. The molecule has 0 saturated heterocycles. The highest BCUT2D eigenvalue weighted by atomic mass is 16.5. The van der Waals surface area contributed by atoms with Crippen LogP contribution in [0.1, 0.15) is 34.6 Å². The standard InChI is InChI=1S/C11H12O3/c1-3-14-11-6-4-5-9(8(2)13)10(11)7-12/h4-7H,3H2,1-2H3. The van der Waals surface area contributed by atoms with Gasteiger partial charge in [-0.3, -0.25) is 9.59 Å². The average molecular weight is 192 g/mol. The number of Topliss-reactive ketones (excluding diaryl/α,β-unsaturated/α-hetero) is 1. The SMILES string of the molecule is CCOc1cccc(C(C)=O)c1C=O. The zero-order valence-electron chi connectivity index (χ0n) is 8.24. The molecule has 0 N–H and O–H groups in total. The summed E-state index contributed by atoms with van der Waals surface area (Å²) in [5.74, 6) is 0.337. The maximum Gasteiger partial charge on any atom is 0.160 e. The van der Waals surface area contributed by atoms with Crippen molar-refractivity contribution in [2.75, 3.05) is 6.61 Å². The molecule has 0 aliphatic heterocycles. The molecule has 1 aromatic carbocycles. The Bertz CT molecular complexity index is 356. The summed E-state index contributed by atoms with van der Waals surface area (Å²) < 4.78 is 5.24. The molecule has 0 saturated carbocycles. The van der Waals surface area contributed by atoms with Crippen molar-refractivity contribution in [2.45, 2.75) is 13.8 Å². The summed E-state index contributed by atoms with van der Waals surface area (Å²) in [5.41, 5.74) is 0.743. The van der Waals surface area contributed by atoms with Crippen LogP contribution in [0.3, 0.4) is 0 Å². The van der Waals surface area contributed by atoms with Crippen molar-refractivity contribution in [2.24, 2.45) is 0 Å². The van der Waals surface area contributed by atoms with Gasteiger partial charge in [0.2, 0.25) is 0 Å². The molecule has 1 aromatic rings. The van der Waals surface area contributed by atoms with E-state index in [1.807, 2.05) is 6.92 Å². The molecule has 0 aliphatic carbocycles. The summed E-state index contributed by atoms with van der Waals surface area (Å²) >= 11 is 0. The second-order valence-corrected chi connectivity index (χ2v) is 2.82. The van der Waals surface area contributed by atoms with Crippen molar-refractivity contribution in [1.82, 2.24) is 0 Å². The molecule has 0 heterocycles. The fourth-order valence-corrected chi connectivity index (χ4v) is 1.25. The minimum absolute atomic E-state index is 0.131. The first-order chi connectivity index (χ1) is 6.70.